The zero-order valence-electron chi connectivity index (χ0n) is 12.0. The van der Waals surface area contributed by atoms with E-state index in [1.165, 1.54) is 32.1 Å². The molecule has 0 aromatic heterocycles. The predicted octanol–water partition coefficient (Wildman–Crippen LogP) is 4.48. The van der Waals surface area contributed by atoms with Crippen molar-refractivity contribution < 1.29 is 9.53 Å². The van der Waals surface area contributed by atoms with Crippen LogP contribution in [-0.4, -0.2) is 12.4 Å². The van der Waals surface area contributed by atoms with Crippen molar-refractivity contribution in [2.75, 3.05) is 6.61 Å². The number of hydrogen-bond acceptors (Lipinski definition) is 2. The summed E-state index contributed by atoms with van der Waals surface area (Å²) in [7, 11) is 0. The maximum absolute atomic E-state index is 11.5. The molecule has 19 heavy (non-hydrogen) atoms. The molecule has 1 aliphatic carbocycles. The average Bonchev–Trinajstić information content (AvgIpc) is 2.45. The average molecular weight is 260 g/mol. The van der Waals surface area contributed by atoms with Gasteiger partial charge in [-0.05, 0) is 18.1 Å². The zero-order valence-corrected chi connectivity index (χ0v) is 12.0. The lowest BCUT2D eigenvalue weighted by molar-refractivity contribution is 0.0849. The van der Waals surface area contributed by atoms with Crippen molar-refractivity contribution in [3.63, 3.8) is 0 Å². The Morgan fingerprint density at radius 1 is 1.05 bits per heavy atom. The molecule has 0 saturated heterocycles. The quantitative estimate of drug-likeness (QED) is 0.687. The number of fused-ring (bicyclic) bond motifs is 1. The number of ether oxygens (including phenoxy) is 1. The third-order valence-electron chi connectivity index (χ3n) is 3.98. The van der Waals surface area contributed by atoms with Gasteiger partial charge in [0.05, 0.1) is 18.1 Å². The second kappa shape index (κ2) is 6.74. The molecule has 0 amide bonds. The van der Waals surface area contributed by atoms with Crippen LogP contribution in [0.1, 0.15) is 56.3 Å². The third kappa shape index (κ3) is 3.82. The molecule has 2 heteroatoms. The van der Waals surface area contributed by atoms with Crippen LogP contribution >= 0.6 is 0 Å². The van der Waals surface area contributed by atoms with E-state index in [0.29, 0.717) is 6.61 Å². The van der Waals surface area contributed by atoms with Crippen LogP contribution < -0.4 is 4.74 Å². The first-order valence-corrected chi connectivity index (χ1v) is 7.44. The number of Topliss-reactive ketones (excluding diaryl/α,β-unsaturated/α-hetero) is 1. The monoisotopic (exact) mass is 260 g/mol. The van der Waals surface area contributed by atoms with Crippen molar-refractivity contribution in [3.05, 3.63) is 29.8 Å². The van der Waals surface area contributed by atoms with E-state index in [-0.39, 0.29) is 11.7 Å². The van der Waals surface area contributed by atoms with Gasteiger partial charge in [0.15, 0.2) is 5.78 Å². The van der Waals surface area contributed by atoms with Crippen molar-refractivity contribution >= 4 is 5.78 Å². The van der Waals surface area contributed by atoms with Crippen molar-refractivity contribution in [1.29, 1.82) is 0 Å². The van der Waals surface area contributed by atoms with Crippen LogP contribution in [-0.2, 0) is 0 Å². The molecule has 0 N–H and O–H groups in total. The lowest BCUT2D eigenvalue weighted by Gasteiger charge is -2.20. The maximum Gasteiger partial charge on any atom is 0.172 e. The first kappa shape index (κ1) is 14.1. The number of hydrogen-bond donors (Lipinski definition) is 0. The molecule has 2 nitrogen and oxygen atoms in total. The van der Waals surface area contributed by atoms with Gasteiger partial charge in [-0.3, -0.25) is 4.79 Å². The fourth-order valence-electron chi connectivity index (χ4n) is 2.66. The first-order chi connectivity index (χ1) is 9.18. The fraction of sp³-hybridized carbons (Fsp3) is 0.588. The van der Waals surface area contributed by atoms with E-state index in [1.54, 1.807) is 0 Å². The van der Waals surface area contributed by atoms with Gasteiger partial charge in [-0.25, -0.2) is 0 Å². The number of rotatable bonds is 0. The zero-order chi connectivity index (χ0) is 13.7. The van der Waals surface area contributed by atoms with Gasteiger partial charge in [0.1, 0.15) is 5.75 Å². The summed E-state index contributed by atoms with van der Waals surface area (Å²) in [6, 6.07) is 7.38. The Bertz CT molecular complexity index is 419. The van der Waals surface area contributed by atoms with Gasteiger partial charge in [-0.1, -0.05) is 58.1 Å². The van der Waals surface area contributed by atoms with Crippen LogP contribution in [0.3, 0.4) is 0 Å². The van der Waals surface area contributed by atoms with E-state index < -0.39 is 0 Å². The van der Waals surface area contributed by atoms with E-state index in [2.05, 4.69) is 6.92 Å². The summed E-state index contributed by atoms with van der Waals surface area (Å²) < 4.78 is 5.39. The largest absolute Gasteiger partial charge is 0.492 e. The highest BCUT2D eigenvalue weighted by Gasteiger charge is 2.24. The number of carbonyl (C=O) groups is 1. The predicted molar refractivity (Wildman–Crippen MR) is 77.7 cm³/mol. The van der Waals surface area contributed by atoms with E-state index in [0.717, 1.165) is 17.2 Å². The second-order valence-corrected chi connectivity index (χ2v) is 5.82. The maximum atomic E-state index is 11.5. The number of ketones is 1. The number of carbonyl (C=O) groups excluding carboxylic acids is 1. The summed E-state index contributed by atoms with van der Waals surface area (Å²) in [5.41, 5.74) is 0.719. The molecule has 1 aromatic carbocycles. The Morgan fingerprint density at radius 3 is 2.37 bits per heavy atom. The van der Waals surface area contributed by atoms with Crippen molar-refractivity contribution in [2.45, 2.75) is 46.0 Å². The molecule has 3 rings (SSSR count). The van der Waals surface area contributed by atoms with Crippen LogP contribution in [0.4, 0.5) is 0 Å². The molecule has 0 radical (unpaired) electrons. The SMILES string of the molecule is CC1CCCCC1.CC1COc2ccccc2C1=O. The molecule has 1 fully saturated rings. The molecule has 2 aliphatic rings. The Kier molecular flexibility index (Phi) is 5.00. The Labute approximate surface area is 116 Å². The highest BCUT2D eigenvalue weighted by atomic mass is 16.5. The van der Waals surface area contributed by atoms with Gasteiger partial charge in [0.25, 0.3) is 0 Å². The molecule has 1 aliphatic heterocycles. The molecule has 1 saturated carbocycles. The van der Waals surface area contributed by atoms with E-state index >= 15 is 0 Å². The lowest BCUT2D eigenvalue weighted by atomic mass is 9.91. The Morgan fingerprint density at radius 2 is 1.74 bits per heavy atom. The van der Waals surface area contributed by atoms with E-state index in [1.807, 2.05) is 31.2 Å². The van der Waals surface area contributed by atoms with Crippen LogP contribution in [0.2, 0.25) is 0 Å². The van der Waals surface area contributed by atoms with Gasteiger partial charge in [-0.2, -0.15) is 0 Å². The summed E-state index contributed by atoms with van der Waals surface area (Å²) in [5, 5.41) is 0. The molecule has 0 bridgehead atoms. The second-order valence-electron chi connectivity index (χ2n) is 5.82. The van der Waals surface area contributed by atoms with Crippen LogP contribution in [0.25, 0.3) is 0 Å². The van der Waals surface area contributed by atoms with Gasteiger partial charge >= 0.3 is 0 Å². The molecule has 104 valence electrons. The van der Waals surface area contributed by atoms with Crippen LogP contribution in [0.5, 0.6) is 5.75 Å². The number of benzene rings is 1. The summed E-state index contributed by atoms with van der Waals surface area (Å²) >= 11 is 0. The van der Waals surface area contributed by atoms with Crippen molar-refractivity contribution in [3.8, 4) is 5.75 Å². The molecule has 1 unspecified atom stereocenters. The molecule has 1 heterocycles. The Balaban J connectivity index is 0.000000163. The minimum Gasteiger partial charge on any atom is -0.492 e. The normalized spacial score (nSPS) is 22.8. The minimum atomic E-state index is -0.0000926. The highest BCUT2D eigenvalue weighted by Crippen LogP contribution is 2.26. The smallest absolute Gasteiger partial charge is 0.172 e. The number of para-hydroxylation sites is 1. The highest BCUT2D eigenvalue weighted by molar-refractivity contribution is 6.01. The van der Waals surface area contributed by atoms with Crippen LogP contribution in [0.15, 0.2) is 24.3 Å². The minimum absolute atomic E-state index is 0.0000926. The van der Waals surface area contributed by atoms with Gasteiger partial charge in [-0.15, -0.1) is 0 Å². The lowest BCUT2D eigenvalue weighted by Crippen LogP contribution is -2.24. The Hall–Kier alpha value is -1.31. The third-order valence-corrected chi connectivity index (χ3v) is 3.98. The summed E-state index contributed by atoms with van der Waals surface area (Å²) in [5.74, 6) is 1.95. The topological polar surface area (TPSA) is 26.3 Å². The van der Waals surface area contributed by atoms with Gasteiger partial charge in [0, 0.05) is 0 Å². The molecular formula is C17H24O2. The molecule has 0 spiro atoms. The van der Waals surface area contributed by atoms with Crippen LogP contribution in [0, 0.1) is 11.8 Å². The van der Waals surface area contributed by atoms with Crippen molar-refractivity contribution in [1.82, 2.24) is 0 Å². The van der Waals surface area contributed by atoms with Crippen molar-refractivity contribution in [2.24, 2.45) is 11.8 Å². The molecular weight excluding hydrogens is 236 g/mol. The van der Waals surface area contributed by atoms with Gasteiger partial charge in [0.2, 0.25) is 0 Å². The standard InChI is InChI=1S/C10H10O2.C7H14/c1-7-6-12-9-5-3-2-4-8(9)10(7)11;1-7-5-3-2-4-6-7/h2-5,7H,6H2,1H3;7H,2-6H2,1H3. The van der Waals surface area contributed by atoms with Gasteiger partial charge < -0.3 is 4.74 Å². The van der Waals surface area contributed by atoms with E-state index in [9.17, 15) is 4.79 Å². The molecule has 1 aromatic rings. The molecule has 1 atom stereocenters. The fourth-order valence-corrected chi connectivity index (χ4v) is 2.66. The first-order valence-electron chi connectivity index (χ1n) is 7.44. The summed E-state index contributed by atoms with van der Waals surface area (Å²) in [6.45, 7) is 4.76. The van der Waals surface area contributed by atoms with E-state index in [4.69, 9.17) is 4.74 Å². The summed E-state index contributed by atoms with van der Waals surface area (Å²) in [4.78, 5) is 11.5. The summed E-state index contributed by atoms with van der Waals surface area (Å²) in [6.07, 6.45) is 7.44.